The molecule has 0 radical (unpaired) electrons. The Morgan fingerprint density at radius 2 is 1.97 bits per heavy atom. The van der Waals surface area contributed by atoms with Crippen molar-refractivity contribution in [3.63, 3.8) is 0 Å². The number of hydrogen-bond acceptors (Lipinski definition) is 3. The van der Waals surface area contributed by atoms with Gasteiger partial charge in [-0.15, -0.1) is 0 Å². The molecule has 1 aromatic carbocycles. The SMILES string of the molecule is C=C1CCC[C@]2(C)C[C@H]3OC(=O)[C@H](CN4CCC(Cc5ccccc5)CC4)[C@@H]3C[C@@H]12. The summed E-state index contributed by atoms with van der Waals surface area (Å²) >= 11 is 0. The average molecular weight is 408 g/mol. The summed E-state index contributed by atoms with van der Waals surface area (Å²) in [7, 11) is 0. The van der Waals surface area contributed by atoms with Crippen molar-refractivity contribution in [2.75, 3.05) is 19.6 Å². The van der Waals surface area contributed by atoms with Crippen LogP contribution in [0, 0.1) is 29.1 Å². The zero-order valence-electron chi connectivity index (χ0n) is 18.5. The van der Waals surface area contributed by atoms with E-state index in [9.17, 15) is 4.79 Å². The molecule has 0 aromatic heterocycles. The number of allylic oxidation sites excluding steroid dienone is 1. The maximum atomic E-state index is 12.8. The van der Waals surface area contributed by atoms with Gasteiger partial charge in [-0.2, -0.15) is 0 Å². The van der Waals surface area contributed by atoms with Gasteiger partial charge in [-0.1, -0.05) is 49.4 Å². The first-order valence-corrected chi connectivity index (χ1v) is 12.2. The van der Waals surface area contributed by atoms with Crippen LogP contribution in [-0.4, -0.2) is 36.6 Å². The van der Waals surface area contributed by atoms with Gasteiger partial charge in [-0.25, -0.2) is 0 Å². The number of piperidine rings is 1. The predicted molar refractivity (Wildman–Crippen MR) is 120 cm³/mol. The number of ether oxygens (including phenoxy) is 1. The van der Waals surface area contributed by atoms with E-state index >= 15 is 0 Å². The zero-order valence-corrected chi connectivity index (χ0v) is 18.5. The standard InChI is InChI=1S/C27H37NO2/c1-19-7-6-12-27(2)17-25-22(16-24(19)27)23(26(29)30-25)18-28-13-10-21(11-14-28)15-20-8-4-3-5-9-20/h3-5,8-9,21-25H,1,6-7,10-18H2,2H3/t22-,23+,24-,25+,27+/m0/s1. The van der Waals surface area contributed by atoms with Crippen molar-refractivity contribution < 1.29 is 9.53 Å². The summed E-state index contributed by atoms with van der Waals surface area (Å²) in [4.78, 5) is 15.4. The highest BCUT2D eigenvalue weighted by Gasteiger charge is 2.55. The molecule has 0 unspecified atom stereocenters. The van der Waals surface area contributed by atoms with Gasteiger partial charge in [0.25, 0.3) is 0 Å². The Morgan fingerprint density at radius 1 is 1.20 bits per heavy atom. The Bertz CT molecular complexity index is 781. The molecule has 0 spiro atoms. The van der Waals surface area contributed by atoms with Crippen LogP contribution in [0.3, 0.4) is 0 Å². The minimum atomic E-state index is 0.0694. The number of rotatable bonds is 4. The van der Waals surface area contributed by atoms with Gasteiger partial charge in [-0.3, -0.25) is 4.79 Å². The van der Waals surface area contributed by atoms with E-state index in [1.807, 2.05) is 0 Å². The zero-order chi connectivity index (χ0) is 20.7. The second-order valence-corrected chi connectivity index (χ2v) is 10.8. The first kappa shape index (κ1) is 20.3. The van der Waals surface area contributed by atoms with Crippen LogP contribution < -0.4 is 0 Å². The molecule has 0 bridgehead atoms. The lowest BCUT2D eigenvalue weighted by molar-refractivity contribution is -0.146. The molecule has 2 saturated carbocycles. The second kappa shape index (κ2) is 8.15. The normalized spacial score (nSPS) is 37.5. The summed E-state index contributed by atoms with van der Waals surface area (Å²) in [6.07, 6.45) is 9.65. The first-order valence-electron chi connectivity index (χ1n) is 12.2. The molecule has 2 aliphatic heterocycles. The number of carbonyl (C=O) groups excluding carboxylic acids is 1. The van der Waals surface area contributed by atoms with Gasteiger partial charge in [0.1, 0.15) is 6.10 Å². The molecule has 5 atom stereocenters. The number of likely N-dealkylation sites (tertiary alicyclic amines) is 1. The molecule has 5 rings (SSSR count). The van der Waals surface area contributed by atoms with E-state index in [0.29, 0.717) is 17.3 Å². The van der Waals surface area contributed by atoms with Crippen molar-refractivity contribution in [1.82, 2.24) is 4.90 Å². The van der Waals surface area contributed by atoms with Gasteiger partial charge in [0, 0.05) is 12.5 Å². The highest BCUT2D eigenvalue weighted by Crippen LogP contribution is 2.57. The van der Waals surface area contributed by atoms with Crippen molar-refractivity contribution in [2.45, 2.75) is 64.4 Å². The third kappa shape index (κ3) is 3.86. The van der Waals surface area contributed by atoms with E-state index in [0.717, 1.165) is 38.4 Å². The molecule has 3 heteroatoms. The highest BCUT2D eigenvalue weighted by molar-refractivity contribution is 5.75. The van der Waals surface area contributed by atoms with Gasteiger partial charge in [0.15, 0.2) is 0 Å². The summed E-state index contributed by atoms with van der Waals surface area (Å²) in [6, 6.07) is 10.9. The number of benzene rings is 1. The number of esters is 1. The van der Waals surface area contributed by atoms with E-state index in [2.05, 4.69) is 48.7 Å². The maximum Gasteiger partial charge on any atom is 0.310 e. The largest absolute Gasteiger partial charge is 0.462 e. The van der Waals surface area contributed by atoms with E-state index in [-0.39, 0.29) is 18.0 Å². The van der Waals surface area contributed by atoms with Gasteiger partial charge in [-0.05, 0) is 87.3 Å². The van der Waals surface area contributed by atoms with Crippen LogP contribution in [0.15, 0.2) is 42.5 Å². The van der Waals surface area contributed by atoms with Crippen molar-refractivity contribution in [3.8, 4) is 0 Å². The van der Waals surface area contributed by atoms with Gasteiger partial charge in [0.2, 0.25) is 0 Å². The molecule has 0 N–H and O–H groups in total. The van der Waals surface area contributed by atoms with E-state index < -0.39 is 0 Å². The van der Waals surface area contributed by atoms with Crippen LogP contribution in [0.5, 0.6) is 0 Å². The molecular weight excluding hydrogens is 370 g/mol. The molecule has 2 aliphatic carbocycles. The van der Waals surface area contributed by atoms with Crippen LogP contribution in [0.2, 0.25) is 0 Å². The lowest BCUT2D eigenvalue weighted by atomic mass is 9.55. The van der Waals surface area contributed by atoms with Crippen LogP contribution in [0.1, 0.15) is 57.4 Å². The van der Waals surface area contributed by atoms with E-state index in [1.54, 1.807) is 0 Å². The van der Waals surface area contributed by atoms with Crippen molar-refractivity contribution in [1.29, 1.82) is 0 Å². The van der Waals surface area contributed by atoms with Crippen molar-refractivity contribution in [2.24, 2.45) is 29.1 Å². The molecule has 0 amide bonds. The Kier molecular flexibility index (Phi) is 5.51. The van der Waals surface area contributed by atoms with Crippen LogP contribution in [0.4, 0.5) is 0 Å². The second-order valence-electron chi connectivity index (χ2n) is 10.8. The van der Waals surface area contributed by atoms with Gasteiger partial charge in [0.05, 0.1) is 5.92 Å². The lowest BCUT2D eigenvalue weighted by Crippen LogP contribution is -2.46. The Labute approximate surface area is 181 Å². The number of hydrogen-bond donors (Lipinski definition) is 0. The monoisotopic (exact) mass is 407 g/mol. The molecule has 162 valence electrons. The lowest BCUT2D eigenvalue weighted by Gasteiger charge is -2.50. The predicted octanol–water partition coefficient (Wildman–Crippen LogP) is 5.26. The Morgan fingerprint density at radius 3 is 2.73 bits per heavy atom. The van der Waals surface area contributed by atoms with E-state index in [4.69, 9.17) is 4.74 Å². The number of nitrogens with zero attached hydrogens (tertiary/aromatic N) is 1. The summed E-state index contributed by atoms with van der Waals surface area (Å²) in [5.41, 5.74) is 3.18. The molecule has 3 nitrogen and oxygen atoms in total. The molecule has 30 heavy (non-hydrogen) atoms. The van der Waals surface area contributed by atoms with Crippen LogP contribution >= 0.6 is 0 Å². The number of fused-ring (bicyclic) bond motifs is 2. The summed E-state index contributed by atoms with van der Waals surface area (Å²) < 4.78 is 5.97. The molecular formula is C27H37NO2. The van der Waals surface area contributed by atoms with Gasteiger partial charge < -0.3 is 9.64 Å². The summed E-state index contributed by atoms with van der Waals surface area (Å²) in [6.45, 7) is 9.97. The van der Waals surface area contributed by atoms with E-state index in [1.165, 1.54) is 49.7 Å². The minimum Gasteiger partial charge on any atom is -0.462 e. The van der Waals surface area contributed by atoms with Crippen LogP contribution in [0.25, 0.3) is 0 Å². The summed E-state index contributed by atoms with van der Waals surface area (Å²) in [5, 5.41) is 0. The fraction of sp³-hybridized carbons (Fsp3) is 0.667. The molecule has 4 aliphatic rings. The molecule has 2 heterocycles. The fourth-order valence-electron chi connectivity index (χ4n) is 7.06. The third-order valence-electron chi connectivity index (χ3n) is 8.85. The van der Waals surface area contributed by atoms with Gasteiger partial charge >= 0.3 is 5.97 Å². The summed E-state index contributed by atoms with van der Waals surface area (Å²) in [5.74, 6) is 1.89. The topological polar surface area (TPSA) is 29.5 Å². The Hall–Kier alpha value is -1.61. The highest BCUT2D eigenvalue weighted by atomic mass is 16.6. The van der Waals surface area contributed by atoms with Crippen LogP contribution in [-0.2, 0) is 16.0 Å². The van der Waals surface area contributed by atoms with Crippen molar-refractivity contribution in [3.05, 3.63) is 48.0 Å². The Balaban J connectivity index is 1.19. The van der Waals surface area contributed by atoms with Crippen molar-refractivity contribution >= 4 is 5.97 Å². The molecule has 2 saturated heterocycles. The number of carbonyl (C=O) groups is 1. The quantitative estimate of drug-likeness (QED) is 0.504. The first-order chi connectivity index (χ1) is 14.5. The average Bonchev–Trinajstić information content (AvgIpc) is 3.02. The maximum absolute atomic E-state index is 12.8. The minimum absolute atomic E-state index is 0.0694. The third-order valence-corrected chi connectivity index (χ3v) is 8.85. The molecule has 1 aromatic rings. The molecule has 4 fully saturated rings. The fourth-order valence-corrected chi connectivity index (χ4v) is 7.06. The smallest absolute Gasteiger partial charge is 0.310 e.